The Balaban J connectivity index is 1.25. The molecule has 0 bridgehead atoms. The van der Waals surface area contributed by atoms with Crippen LogP contribution in [0.5, 0.6) is 0 Å². The number of aliphatic hydroxyl groups is 1. The minimum Gasteiger partial charge on any atom is -0.443 e. The Labute approximate surface area is 234 Å². The number of aryl methyl sites for hydroxylation is 1. The highest BCUT2D eigenvalue weighted by Gasteiger charge is 2.28. The number of imidazole rings is 1. The molecule has 210 valence electrons. The maximum atomic E-state index is 13.5. The molecule has 1 aromatic carbocycles. The van der Waals surface area contributed by atoms with Gasteiger partial charge in [0.15, 0.2) is 16.6 Å². The molecule has 3 aromatic heterocycles. The summed E-state index contributed by atoms with van der Waals surface area (Å²) >= 11 is 1.39. The summed E-state index contributed by atoms with van der Waals surface area (Å²) in [4.78, 5) is 28.2. The minimum absolute atomic E-state index is 0.106. The molecule has 2 aliphatic heterocycles. The third kappa shape index (κ3) is 5.07. The maximum absolute atomic E-state index is 13.5. The van der Waals surface area contributed by atoms with E-state index >= 15 is 0 Å². The number of aliphatic hydroxyl groups excluding tert-OH is 1. The standard InChI is InChI=1S/C27H31FN8O3S/c1-3-20-25(33(2)26-31-24(21(16-37)40-26)17-4-6-18(28)7-5-17)36-22(30-20)8-9-23(32-36)35-12-10-34(11-13-35)15-19-14-29-27(38)39-19/h4-9,19,37H,3,10-16H2,1-2H3,(H,29,38). The van der Waals surface area contributed by atoms with Crippen LogP contribution in [0.15, 0.2) is 36.4 Å². The van der Waals surface area contributed by atoms with E-state index in [1.165, 1.54) is 23.5 Å². The van der Waals surface area contributed by atoms with Gasteiger partial charge in [0.25, 0.3) is 0 Å². The van der Waals surface area contributed by atoms with Gasteiger partial charge < -0.3 is 25.0 Å². The van der Waals surface area contributed by atoms with Gasteiger partial charge in [0.1, 0.15) is 17.7 Å². The lowest BCUT2D eigenvalue weighted by atomic mass is 10.1. The maximum Gasteiger partial charge on any atom is 0.407 e. The molecule has 1 amide bonds. The number of piperazine rings is 1. The number of alkyl carbamates (subject to hydrolysis) is 1. The van der Waals surface area contributed by atoms with Crippen molar-refractivity contribution in [2.45, 2.75) is 26.1 Å². The summed E-state index contributed by atoms with van der Waals surface area (Å²) < 4.78 is 20.7. The first-order valence-electron chi connectivity index (χ1n) is 13.3. The first-order chi connectivity index (χ1) is 19.4. The van der Waals surface area contributed by atoms with Crippen molar-refractivity contribution in [1.29, 1.82) is 0 Å². The Bertz CT molecular complexity index is 1520. The first kappa shape index (κ1) is 26.4. The second kappa shape index (κ2) is 11.0. The summed E-state index contributed by atoms with van der Waals surface area (Å²) in [6, 6.07) is 10.1. The number of carbonyl (C=O) groups is 1. The SMILES string of the molecule is CCc1nc2ccc(N3CCN(CC4CNC(=O)O4)CC3)nn2c1N(C)c1nc(-c2ccc(F)cc2)c(CO)s1. The molecule has 5 heterocycles. The number of nitrogens with one attached hydrogen (secondary N) is 1. The fourth-order valence-corrected chi connectivity index (χ4v) is 6.10. The number of rotatable bonds is 8. The van der Waals surface area contributed by atoms with E-state index in [2.05, 4.69) is 22.0 Å². The number of amides is 1. The zero-order valence-electron chi connectivity index (χ0n) is 22.4. The lowest BCUT2D eigenvalue weighted by molar-refractivity contribution is 0.106. The predicted octanol–water partition coefficient (Wildman–Crippen LogP) is 3.04. The summed E-state index contributed by atoms with van der Waals surface area (Å²) in [7, 11) is 1.93. The molecule has 2 saturated heterocycles. The van der Waals surface area contributed by atoms with Gasteiger partial charge in [-0.3, -0.25) is 4.90 Å². The average Bonchev–Trinajstić information content (AvgIpc) is 3.69. The molecule has 2 N–H and O–H groups in total. The molecule has 6 rings (SSSR count). The molecule has 0 spiro atoms. The highest BCUT2D eigenvalue weighted by molar-refractivity contribution is 7.16. The van der Waals surface area contributed by atoms with Crippen molar-refractivity contribution in [2.75, 3.05) is 56.1 Å². The van der Waals surface area contributed by atoms with Gasteiger partial charge in [0.05, 0.1) is 29.4 Å². The highest BCUT2D eigenvalue weighted by atomic mass is 32.1. The van der Waals surface area contributed by atoms with Gasteiger partial charge in [-0.25, -0.2) is 19.2 Å². The lowest BCUT2D eigenvalue weighted by Gasteiger charge is -2.36. The van der Waals surface area contributed by atoms with E-state index in [0.717, 1.165) is 61.3 Å². The number of anilines is 3. The van der Waals surface area contributed by atoms with Crippen molar-refractivity contribution in [3.63, 3.8) is 0 Å². The minimum atomic E-state index is -0.342. The second-order valence-corrected chi connectivity index (χ2v) is 10.9. The summed E-state index contributed by atoms with van der Waals surface area (Å²) in [6.45, 7) is 6.47. The monoisotopic (exact) mass is 566 g/mol. The third-order valence-electron chi connectivity index (χ3n) is 7.30. The fraction of sp³-hybridized carbons (Fsp3) is 0.407. The van der Waals surface area contributed by atoms with Crippen molar-refractivity contribution in [1.82, 2.24) is 29.8 Å². The van der Waals surface area contributed by atoms with Crippen LogP contribution >= 0.6 is 11.3 Å². The Kier molecular flexibility index (Phi) is 7.26. The predicted molar refractivity (Wildman–Crippen MR) is 151 cm³/mol. The van der Waals surface area contributed by atoms with Gasteiger partial charge in [-0.15, -0.1) is 5.10 Å². The fourth-order valence-electron chi connectivity index (χ4n) is 5.19. The van der Waals surface area contributed by atoms with Gasteiger partial charge in [-0.05, 0) is 42.8 Å². The number of hydrogen-bond donors (Lipinski definition) is 2. The van der Waals surface area contributed by atoms with Gasteiger partial charge in [-0.2, -0.15) is 4.52 Å². The van der Waals surface area contributed by atoms with E-state index in [1.807, 2.05) is 28.6 Å². The van der Waals surface area contributed by atoms with Crippen molar-refractivity contribution < 1.29 is 19.0 Å². The normalized spacial score (nSPS) is 17.9. The number of fused-ring (bicyclic) bond motifs is 1. The number of nitrogens with zero attached hydrogens (tertiary/aromatic N) is 7. The molecule has 11 nitrogen and oxygen atoms in total. The largest absolute Gasteiger partial charge is 0.443 e. The van der Waals surface area contributed by atoms with E-state index in [4.69, 9.17) is 19.8 Å². The summed E-state index contributed by atoms with van der Waals surface area (Å²) in [5, 5.41) is 18.4. The van der Waals surface area contributed by atoms with E-state index in [9.17, 15) is 14.3 Å². The van der Waals surface area contributed by atoms with Crippen LogP contribution < -0.4 is 15.1 Å². The van der Waals surface area contributed by atoms with E-state index in [1.54, 1.807) is 12.1 Å². The highest BCUT2D eigenvalue weighted by Crippen LogP contribution is 2.37. The quantitative estimate of drug-likeness (QED) is 0.332. The van der Waals surface area contributed by atoms with Crippen LogP contribution in [0.3, 0.4) is 0 Å². The number of aromatic nitrogens is 4. The smallest absolute Gasteiger partial charge is 0.407 e. The Morgan fingerprint density at radius 3 is 2.60 bits per heavy atom. The third-order valence-corrected chi connectivity index (χ3v) is 8.42. The average molecular weight is 567 g/mol. The number of hydrogen-bond acceptors (Lipinski definition) is 10. The molecular formula is C27H31FN8O3S. The van der Waals surface area contributed by atoms with Crippen LogP contribution in [0.1, 0.15) is 17.5 Å². The number of halogens is 1. The zero-order chi connectivity index (χ0) is 27.8. The van der Waals surface area contributed by atoms with Crippen molar-refractivity contribution >= 4 is 39.8 Å². The number of ether oxygens (including phenoxy) is 1. The number of thiazole rings is 1. The number of cyclic esters (lactones) is 1. The number of benzene rings is 1. The van der Waals surface area contributed by atoms with Crippen LogP contribution in [0.4, 0.5) is 26.0 Å². The Morgan fingerprint density at radius 2 is 1.93 bits per heavy atom. The molecule has 40 heavy (non-hydrogen) atoms. The molecule has 0 saturated carbocycles. The molecule has 2 fully saturated rings. The zero-order valence-corrected chi connectivity index (χ0v) is 23.2. The van der Waals surface area contributed by atoms with Gasteiger partial charge in [0.2, 0.25) is 0 Å². The van der Waals surface area contributed by atoms with Crippen LogP contribution in [-0.4, -0.2) is 88.1 Å². The summed E-state index contributed by atoms with van der Waals surface area (Å²) in [6.07, 6.45) is 0.261. The van der Waals surface area contributed by atoms with Crippen LogP contribution in [0.25, 0.3) is 16.9 Å². The van der Waals surface area contributed by atoms with Crippen LogP contribution in [0.2, 0.25) is 0 Å². The van der Waals surface area contributed by atoms with Gasteiger partial charge >= 0.3 is 6.09 Å². The Hall–Kier alpha value is -3.81. The Morgan fingerprint density at radius 1 is 1.15 bits per heavy atom. The summed E-state index contributed by atoms with van der Waals surface area (Å²) in [5.41, 5.74) is 3.02. The molecule has 13 heteroatoms. The first-order valence-corrected chi connectivity index (χ1v) is 14.2. The van der Waals surface area contributed by atoms with E-state index < -0.39 is 0 Å². The lowest BCUT2D eigenvalue weighted by Crippen LogP contribution is -2.49. The molecule has 4 aromatic rings. The topological polar surface area (TPSA) is 111 Å². The van der Waals surface area contributed by atoms with Gasteiger partial charge in [-0.1, -0.05) is 18.3 Å². The van der Waals surface area contributed by atoms with Crippen LogP contribution in [-0.2, 0) is 17.8 Å². The van der Waals surface area contributed by atoms with E-state index in [0.29, 0.717) is 28.7 Å². The molecule has 1 atom stereocenters. The summed E-state index contributed by atoms with van der Waals surface area (Å²) in [5.74, 6) is 1.36. The second-order valence-electron chi connectivity index (χ2n) is 9.89. The van der Waals surface area contributed by atoms with Gasteiger partial charge in [0, 0.05) is 45.3 Å². The number of carbonyl (C=O) groups excluding carboxylic acids is 1. The molecule has 0 aliphatic carbocycles. The van der Waals surface area contributed by atoms with Crippen molar-refractivity contribution in [3.05, 3.63) is 52.8 Å². The molecule has 1 unspecified atom stereocenters. The van der Waals surface area contributed by atoms with E-state index in [-0.39, 0.29) is 24.6 Å². The van der Waals surface area contributed by atoms with Crippen molar-refractivity contribution in [2.24, 2.45) is 0 Å². The molecular weight excluding hydrogens is 535 g/mol. The van der Waals surface area contributed by atoms with Crippen LogP contribution in [0, 0.1) is 5.82 Å². The van der Waals surface area contributed by atoms with Crippen molar-refractivity contribution in [3.8, 4) is 11.3 Å². The molecule has 0 radical (unpaired) electrons. The molecule has 2 aliphatic rings.